The van der Waals surface area contributed by atoms with Crippen LogP contribution in [-0.2, 0) is 33.2 Å². The predicted molar refractivity (Wildman–Crippen MR) is 455 cm³/mol. The summed E-state index contributed by atoms with van der Waals surface area (Å²) in [4.78, 5) is 29.7. The van der Waals surface area contributed by atoms with E-state index < -0.39 is 5.72 Å². The van der Waals surface area contributed by atoms with E-state index in [1.165, 1.54) is 19.7 Å². The molecule has 0 radical (unpaired) electrons. The van der Waals surface area contributed by atoms with E-state index in [1.807, 2.05) is 128 Å². The van der Waals surface area contributed by atoms with Crippen LogP contribution < -0.4 is 5.32 Å². The lowest BCUT2D eigenvalue weighted by Gasteiger charge is -2.33. The minimum absolute atomic E-state index is 0.182. The molecule has 0 fully saturated rings. The van der Waals surface area contributed by atoms with Gasteiger partial charge in [-0.1, -0.05) is 126 Å². The third-order valence-corrected chi connectivity index (χ3v) is 19.0. The van der Waals surface area contributed by atoms with Gasteiger partial charge in [0.15, 0.2) is 23.3 Å². The molecule has 31 nitrogen and oxygen atoms in total. The Morgan fingerprint density at radius 3 is 0.864 bits per heavy atom. The zero-order valence-electron chi connectivity index (χ0n) is 67.7. The van der Waals surface area contributed by atoms with Crippen LogP contribution in [0.5, 0.6) is 0 Å². The fourth-order valence-electron chi connectivity index (χ4n) is 13.0. The van der Waals surface area contributed by atoms with Crippen molar-refractivity contribution in [2.24, 2.45) is 10.1 Å². The maximum Gasteiger partial charge on any atom is 0.214 e. The molecule has 0 spiro atoms. The number of hydrogen-bond donors (Lipinski definition) is 1. The smallest absolute Gasteiger partial charge is 0.214 e. The third-order valence-electron chi connectivity index (χ3n) is 19.0. The van der Waals surface area contributed by atoms with E-state index in [9.17, 15) is 0 Å². The normalized spacial score (nSPS) is 10.6. The number of nitrogens with zero attached hydrogens (tertiary/aromatic N) is 27. The number of nitriles is 10. The summed E-state index contributed by atoms with van der Waals surface area (Å²) in [5, 5.41) is 119. The molecule has 0 aliphatic rings. The van der Waals surface area contributed by atoms with Crippen LogP contribution >= 0.6 is 0 Å². The van der Waals surface area contributed by atoms with Gasteiger partial charge in [0.2, 0.25) is 5.72 Å². The molecule has 0 saturated carbocycles. The summed E-state index contributed by atoms with van der Waals surface area (Å²) in [5.74, 6) is 2.23. The minimum atomic E-state index is -1.04. The summed E-state index contributed by atoms with van der Waals surface area (Å²) in [7, 11) is 8.14. The van der Waals surface area contributed by atoms with Crippen molar-refractivity contribution in [3.05, 3.63) is 415 Å². The number of rotatable bonds is 23. The van der Waals surface area contributed by atoms with Crippen molar-refractivity contribution in [3.8, 4) is 60.7 Å². The lowest BCUT2D eigenvalue weighted by Crippen LogP contribution is -2.38. The van der Waals surface area contributed by atoms with E-state index in [1.54, 1.807) is 204 Å². The first-order valence-corrected chi connectivity index (χ1v) is 37.9. The van der Waals surface area contributed by atoms with Crippen molar-refractivity contribution in [3.63, 3.8) is 0 Å². The molecule has 606 valence electrons. The van der Waals surface area contributed by atoms with Crippen molar-refractivity contribution >= 4 is 12.4 Å². The number of nitrogens with one attached hydrogen (secondary N) is 1. The Bertz CT molecular complexity index is 6150. The fraction of sp³-hybridized carbons (Fsp3) is 0.128. The lowest BCUT2D eigenvalue weighted by atomic mass is 9.93. The van der Waals surface area contributed by atoms with E-state index in [0.717, 1.165) is 55.6 Å². The Kier molecular flexibility index (Phi) is 30.8. The highest BCUT2D eigenvalue weighted by Gasteiger charge is 2.38. The molecule has 31 heteroatoms. The molecule has 0 aliphatic carbocycles. The highest BCUT2D eigenvalue weighted by Crippen LogP contribution is 2.36. The molecule has 0 saturated heterocycles. The Morgan fingerprint density at radius 1 is 0.352 bits per heavy atom. The van der Waals surface area contributed by atoms with Crippen LogP contribution in [0.2, 0.25) is 0 Å². The number of aliphatic imine (C=N–C) groups is 1. The Balaban J connectivity index is 0.000000152. The second kappa shape index (κ2) is 43.9. The maximum absolute atomic E-state index is 9.01. The van der Waals surface area contributed by atoms with Gasteiger partial charge in [-0.2, -0.15) is 67.9 Å². The van der Waals surface area contributed by atoms with Gasteiger partial charge in [-0.05, 0) is 173 Å². The van der Waals surface area contributed by atoms with Crippen LogP contribution in [-0.4, -0.2) is 122 Å². The molecule has 15 rings (SSSR count). The summed E-state index contributed by atoms with van der Waals surface area (Å²) in [6.45, 7) is 0.918. The number of hydrogen-bond acceptors (Lipinski definition) is 26. The first-order valence-electron chi connectivity index (χ1n) is 37.9. The lowest BCUT2D eigenvalue weighted by molar-refractivity contribution is -0.0148. The van der Waals surface area contributed by atoms with Crippen molar-refractivity contribution < 1.29 is 14.3 Å². The highest BCUT2D eigenvalue weighted by molar-refractivity contribution is 5.74. The molecular formula is C94H72N28O3. The molecule has 5 aromatic heterocycles. The van der Waals surface area contributed by atoms with E-state index in [-0.39, 0.29) is 24.2 Å². The summed E-state index contributed by atoms with van der Waals surface area (Å²) in [5.41, 5.74) is 14.2. The van der Waals surface area contributed by atoms with Crippen LogP contribution in [0.3, 0.4) is 0 Å². The van der Waals surface area contributed by atoms with Gasteiger partial charge in [-0.25, -0.2) is 48.3 Å². The summed E-state index contributed by atoms with van der Waals surface area (Å²) >= 11 is 0. The minimum Gasteiger partial charge on any atom is -0.399 e. The van der Waals surface area contributed by atoms with Crippen LogP contribution in [0.15, 0.2) is 291 Å². The molecule has 5 heterocycles. The van der Waals surface area contributed by atoms with Crippen LogP contribution in [0.25, 0.3) is 0 Å². The van der Waals surface area contributed by atoms with E-state index >= 15 is 0 Å². The number of benzene rings is 10. The molecule has 0 unspecified atom stereocenters. The fourth-order valence-corrected chi connectivity index (χ4v) is 13.0. The first kappa shape index (κ1) is 87.7. The average molecular weight is 1640 g/mol. The molecule has 0 aliphatic heterocycles. The molecular weight excluding hydrogens is 1570 g/mol. The number of methoxy groups -OCH3 is 2. The molecule has 15 aromatic rings. The van der Waals surface area contributed by atoms with Gasteiger partial charge in [0.05, 0.1) is 129 Å². The second-order valence-corrected chi connectivity index (χ2v) is 26.8. The zero-order chi connectivity index (χ0) is 88.3. The quantitative estimate of drug-likeness (QED) is 0.0459. The van der Waals surface area contributed by atoms with Crippen LogP contribution in [0.1, 0.15) is 159 Å². The van der Waals surface area contributed by atoms with E-state index in [2.05, 4.69) is 131 Å². The van der Waals surface area contributed by atoms with Crippen molar-refractivity contribution in [2.75, 3.05) is 35.4 Å². The van der Waals surface area contributed by atoms with Gasteiger partial charge in [0.25, 0.3) is 0 Å². The van der Waals surface area contributed by atoms with Gasteiger partial charge in [-0.3, -0.25) is 4.99 Å². The van der Waals surface area contributed by atoms with Crippen LogP contribution in [0.4, 0.5) is 0 Å². The Morgan fingerprint density at radius 2 is 0.616 bits per heavy atom. The standard InChI is InChI=1S/C19H14N6O.C19H16N6.C19H14N6.C19H15N5O.C18H13N5O/c1-26-23-12-18-22-13-25(24-18)19(16-6-2-14(10-20)3-7-16)17-8-4-15(11-21)5-9-17;2*1-22-12-18-23-13-25(24-18)19(16-6-2-14(10-20)3-7-16)17-8-4-15(11-21)5-9-17;1-25-12-18-22-13-24(23-18)19(16-6-2-14(10-20)3-7-16)17-8-4-15(11-21)5-9-17;1-24-18(23-13-21-12-22-23,16-6-2-14(10-19)3-7-16)17-8-4-15(11-20)5-9-17/h2-9,12-13,19H,1H3;2-9,13,19,22H,12H2,1H3;2-9,12-13,19H,1H3;2-9,13,19H,12H2,1H3;2-9,12-13H,1H3/b23-12+;;;;. The maximum atomic E-state index is 9.01. The van der Waals surface area contributed by atoms with Gasteiger partial charge in [0.1, 0.15) is 82.1 Å². The number of ether oxygens (including phenoxy) is 2. The van der Waals surface area contributed by atoms with E-state index in [0.29, 0.717) is 92.1 Å². The summed E-state index contributed by atoms with van der Waals surface area (Å²) in [6.07, 6.45) is 12.6. The van der Waals surface area contributed by atoms with Crippen molar-refractivity contribution in [1.82, 2.24) is 79.1 Å². The van der Waals surface area contributed by atoms with Crippen LogP contribution in [0, 0.1) is 113 Å². The van der Waals surface area contributed by atoms with Crippen molar-refractivity contribution in [2.45, 2.75) is 43.0 Å². The second-order valence-electron chi connectivity index (χ2n) is 26.8. The van der Waals surface area contributed by atoms with E-state index in [4.69, 9.17) is 62.1 Å². The summed E-state index contributed by atoms with van der Waals surface area (Å²) in [6, 6.07) is 93.3. The Hall–Kier alpha value is -18.2. The number of oxime groups is 1. The topological polar surface area (TPSA) is 456 Å². The molecule has 0 bridgehead atoms. The average Bonchev–Trinajstić information content (AvgIpc) is 1.74. The zero-order valence-corrected chi connectivity index (χ0v) is 67.7. The van der Waals surface area contributed by atoms with Gasteiger partial charge in [0, 0.05) is 32.4 Å². The summed E-state index contributed by atoms with van der Waals surface area (Å²) < 4.78 is 19.6. The highest BCUT2D eigenvalue weighted by atomic mass is 16.6. The van der Waals surface area contributed by atoms with Gasteiger partial charge < -0.3 is 19.6 Å². The third kappa shape index (κ3) is 22.2. The molecule has 0 atom stereocenters. The predicted octanol–water partition coefficient (Wildman–Crippen LogP) is 12.9. The largest absolute Gasteiger partial charge is 0.399 e. The van der Waals surface area contributed by atoms with Crippen molar-refractivity contribution in [1.29, 1.82) is 52.6 Å². The molecule has 1 N–H and O–H groups in total. The molecule has 10 aromatic carbocycles. The van der Waals surface area contributed by atoms with Gasteiger partial charge in [-0.15, -0.1) is 10.2 Å². The molecule has 0 amide bonds. The Labute approximate surface area is 719 Å². The SMILES string of the molecule is CN=Cc1ncn(C(c2ccc(C#N)cc2)c2ccc(C#N)cc2)n1.CNCc1ncn(C(c2ccc(C#N)cc2)c2ccc(C#N)cc2)n1.CO/N=C/c1ncn(C(c2ccc(C#N)cc2)c2ccc(C#N)cc2)n1.COC(c1ccc(C#N)cc1)(c1ccc(C#N)cc1)n1cncn1.COCc1ncn(C(c2ccc(C#N)cc2)c2ccc(C#N)cc2)n1. The van der Waals surface area contributed by atoms with Gasteiger partial charge >= 0.3 is 0 Å². The molecule has 125 heavy (non-hydrogen) atoms. The monoisotopic (exact) mass is 1640 g/mol. The first-order chi connectivity index (χ1) is 61.2. The number of aromatic nitrogens is 15.